The molecule has 5 heteroatoms. The minimum Gasteiger partial charge on any atom is -0.507 e. The van der Waals surface area contributed by atoms with Gasteiger partial charge in [0.05, 0.1) is 11.6 Å². The number of ketones is 1. The molecule has 1 heterocycles. The Kier molecular flexibility index (Phi) is 6.42. The molecule has 2 aromatic rings. The SMILES string of the molecule is Cc1ccc(C(O)=C2C(=O)C(=O)N(CCN(C)C)[C@H]2c2ccc(C(C)C)cc2)cc1. The summed E-state index contributed by atoms with van der Waals surface area (Å²) in [7, 11) is 3.85. The van der Waals surface area contributed by atoms with Crippen LogP contribution in [0, 0.1) is 6.92 Å². The second-order valence-corrected chi connectivity index (χ2v) is 8.48. The van der Waals surface area contributed by atoms with Crippen molar-refractivity contribution in [2.45, 2.75) is 32.7 Å². The normalized spacial score (nSPS) is 18.6. The van der Waals surface area contributed by atoms with Gasteiger partial charge in [0.25, 0.3) is 11.7 Å². The number of Topliss-reactive ketones (excluding diaryl/α,β-unsaturated/α-hetero) is 1. The maximum absolute atomic E-state index is 13.0. The van der Waals surface area contributed by atoms with Gasteiger partial charge in [0.1, 0.15) is 5.76 Å². The molecule has 0 aromatic heterocycles. The van der Waals surface area contributed by atoms with Gasteiger partial charge in [-0.3, -0.25) is 9.59 Å². The molecule has 2 aromatic carbocycles. The number of aliphatic hydroxyl groups is 1. The Morgan fingerprint density at radius 1 is 1.03 bits per heavy atom. The Labute approximate surface area is 178 Å². The minimum atomic E-state index is -0.634. The maximum Gasteiger partial charge on any atom is 0.295 e. The van der Waals surface area contributed by atoms with Crippen LogP contribution in [0.2, 0.25) is 0 Å². The molecule has 5 nitrogen and oxygen atoms in total. The molecule has 1 saturated heterocycles. The number of aliphatic hydroxyl groups excluding tert-OH is 1. The molecule has 1 fully saturated rings. The summed E-state index contributed by atoms with van der Waals surface area (Å²) in [5.74, 6) is -0.946. The first-order valence-electron chi connectivity index (χ1n) is 10.3. The van der Waals surface area contributed by atoms with Crippen LogP contribution in [-0.4, -0.2) is 53.8 Å². The van der Waals surface area contributed by atoms with Gasteiger partial charge in [-0.1, -0.05) is 67.9 Å². The molecular formula is C25H30N2O3. The van der Waals surface area contributed by atoms with Gasteiger partial charge in [-0.25, -0.2) is 0 Å². The highest BCUT2D eigenvalue weighted by Gasteiger charge is 2.45. The lowest BCUT2D eigenvalue weighted by Crippen LogP contribution is -2.35. The van der Waals surface area contributed by atoms with Crippen LogP contribution in [0.1, 0.15) is 48.1 Å². The fourth-order valence-corrected chi connectivity index (χ4v) is 3.70. The van der Waals surface area contributed by atoms with Crippen molar-refractivity contribution in [2.24, 2.45) is 0 Å². The van der Waals surface area contributed by atoms with E-state index in [-0.39, 0.29) is 11.3 Å². The van der Waals surface area contributed by atoms with Crippen molar-refractivity contribution in [3.8, 4) is 0 Å². The summed E-state index contributed by atoms with van der Waals surface area (Å²) >= 11 is 0. The van der Waals surface area contributed by atoms with Crippen LogP contribution in [-0.2, 0) is 9.59 Å². The molecular weight excluding hydrogens is 376 g/mol. The van der Waals surface area contributed by atoms with Gasteiger partial charge in [0, 0.05) is 18.7 Å². The fourth-order valence-electron chi connectivity index (χ4n) is 3.70. The number of likely N-dealkylation sites (tertiary alicyclic amines) is 1. The zero-order chi connectivity index (χ0) is 22.0. The second-order valence-electron chi connectivity index (χ2n) is 8.48. The van der Waals surface area contributed by atoms with Gasteiger partial charge in [0.15, 0.2) is 0 Å². The monoisotopic (exact) mass is 406 g/mol. The molecule has 1 N–H and O–H groups in total. The first-order chi connectivity index (χ1) is 14.2. The van der Waals surface area contributed by atoms with E-state index in [4.69, 9.17) is 0 Å². The van der Waals surface area contributed by atoms with E-state index in [1.54, 1.807) is 17.0 Å². The number of hydrogen-bond donors (Lipinski definition) is 1. The molecule has 3 rings (SSSR count). The molecule has 0 saturated carbocycles. The first-order valence-corrected chi connectivity index (χ1v) is 10.3. The summed E-state index contributed by atoms with van der Waals surface area (Å²) in [4.78, 5) is 29.4. The van der Waals surface area contributed by atoms with E-state index in [1.165, 1.54) is 5.56 Å². The topological polar surface area (TPSA) is 60.9 Å². The highest BCUT2D eigenvalue weighted by Crippen LogP contribution is 2.39. The average Bonchev–Trinajstić information content (AvgIpc) is 2.97. The predicted molar refractivity (Wildman–Crippen MR) is 119 cm³/mol. The van der Waals surface area contributed by atoms with E-state index < -0.39 is 17.7 Å². The van der Waals surface area contributed by atoms with E-state index in [9.17, 15) is 14.7 Å². The minimum absolute atomic E-state index is 0.126. The molecule has 1 aliphatic heterocycles. The van der Waals surface area contributed by atoms with Crippen LogP contribution in [0.25, 0.3) is 5.76 Å². The van der Waals surface area contributed by atoms with Crippen LogP contribution in [0.3, 0.4) is 0 Å². The van der Waals surface area contributed by atoms with Crippen LogP contribution in [0.5, 0.6) is 0 Å². The number of carbonyl (C=O) groups excluding carboxylic acids is 2. The van der Waals surface area contributed by atoms with Gasteiger partial charge in [-0.15, -0.1) is 0 Å². The Morgan fingerprint density at radius 2 is 1.63 bits per heavy atom. The van der Waals surface area contributed by atoms with Gasteiger partial charge < -0.3 is 14.9 Å². The number of likely N-dealkylation sites (N-methyl/N-ethyl adjacent to an activating group) is 1. The third-order valence-corrected chi connectivity index (χ3v) is 5.57. The smallest absolute Gasteiger partial charge is 0.295 e. The lowest BCUT2D eigenvalue weighted by Gasteiger charge is -2.27. The van der Waals surface area contributed by atoms with Crippen LogP contribution < -0.4 is 0 Å². The second kappa shape index (κ2) is 8.84. The van der Waals surface area contributed by atoms with Crippen molar-refractivity contribution in [3.05, 3.63) is 76.4 Å². The zero-order valence-corrected chi connectivity index (χ0v) is 18.3. The molecule has 158 valence electrons. The third-order valence-electron chi connectivity index (χ3n) is 5.57. The number of benzene rings is 2. The predicted octanol–water partition coefficient (Wildman–Crippen LogP) is 4.10. The highest BCUT2D eigenvalue weighted by atomic mass is 16.3. The van der Waals surface area contributed by atoms with Crippen molar-refractivity contribution in [3.63, 3.8) is 0 Å². The zero-order valence-electron chi connectivity index (χ0n) is 18.3. The van der Waals surface area contributed by atoms with Crippen molar-refractivity contribution in [2.75, 3.05) is 27.2 Å². The van der Waals surface area contributed by atoms with Crippen molar-refractivity contribution in [1.29, 1.82) is 0 Å². The summed E-state index contributed by atoms with van der Waals surface area (Å²) in [5, 5.41) is 11.0. The van der Waals surface area contributed by atoms with Crippen molar-refractivity contribution < 1.29 is 14.7 Å². The van der Waals surface area contributed by atoms with E-state index in [2.05, 4.69) is 13.8 Å². The lowest BCUT2D eigenvalue weighted by molar-refractivity contribution is -0.140. The Morgan fingerprint density at radius 3 is 2.17 bits per heavy atom. The summed E-state index contributed by atoms with van der Waals surface area (Å²) in [6, 6.07) is 14.7. The molecule has 30 heavy (non-hydrogen) atoms. The largest absolute Gasteiger partial charge is 0.507 e. The van der Waals surface area contributed by atoms with Crippen LogP contribution >= 0.6 is 0 Å². The summed E-state index contributed by atoms with van der Waals surface area (Å²) < 4.78 is 0. The number of rotatable bonds is 6. The van der Waals surface area contributed by atoms with Crippen molar-refractivity contribution in [1.82, 2.24) is 9.80 Å². The molecule has 1 aliphatic rings. The van der Waals surface area contributed by atoms with Crippen LogP contribution in [0.4, 0.5) is 0 Å². The molecule has 0 unspecified atom stereocenters. The first kappa shape index (κ1) is 21.8. The average molecular weight is 407 g/mol. The highest BCUT2D eigenvalue weighted by molar-refractivity contribution is 6.46. The quantitative estimate of drug-likeness (QED) is 0.446. The molecule has 0 aliphatic carbocycles. The number of aryl methyl sites for hydroxylation is 1. The molecule has 0 bridgehead atoms. The standard InChI is InChI=1S/C25H30N2O3/c1-16(2)18-10-12-19(13-11-18)22-21(23(28)20-8-6-17(3)7-9-20)24(29)25(30)27(22)15-14-26(4)5/h6-13,16,22,28H,14-15H2,1-5H3/t22-/m0/s1. The van der Waals surface area contributed by atoms with E-state index >= 15 is 0 Å². The van der Waals surface area contributed by atoms with Crippen LogP contribution in [0.15, 0.2) is 54.1 Å². The number of hydrogen-bond acceptors (Lipinski definition) is 4. The number of amides is 1. The summed E-state index contributed by atoms with van der Waals surface area (Å²) in [6.45, 7) is 7.22. The summed E-state index contributed by atoms with van der Waals surface area (Å²) in [6.07, 6.45) is 0. The molecule has 1 atom stereocenters. The van der Waals surface area contributed by atoms with Crippen molar-refractivity contribution >= 4 is 17.4 Å². The Balaban J connectivity index is 2.12. The lowest BCUT2D eigenvalue weighted by atomic mass is 9.93. The van der Waals surface area contributed by atoms with Gasteiger partial charge in [-0.05, 0) is 38.1 Å². The Bertz CT molecular complexity index is 957. The number of carbonyl (C=O) groups is 2. The molecule has 1 amide bonds. The summed E-state index contributed by atoms with van der Waals surface area (Å²) in [5.41, 5.74) is 3.75. The van der Waals surface area contributed by atoms with E-state index in [0.29, 0.717) is 24.6 Å². The molecule has 0 spiro atoms. The van der Waals surface area contributed by atoms with Gasteiger partial charge in [0.2, 0.25) is 0 Å². The Hall–Kier alpha value is -2.92. The maximum atomic E-state index is 13.0. The third kappa shape index (κ3) is 4.31. The van der Waals surface area contributed by atoms with Gasteiger partial charge >= 0.3 is 0 Å². The van der Waals surface area contributed by atoms with E-state index in [1.807, 2.05) is 62.3 Å². The number of nitrogens with zero attached hydrogens (tertiary/aromatic N) is 2. The fraction of sp³-hybridized carbons (Fsp3) is 0.360. The van der Waals surface area contributed by atoms with Gasteiger partial charge in [-0.2, -0.15) is 0 Å². The molecule has 0 radical (unpaired) electrons. The van der Waals surface area contributed by atoms with E-state index in [0.717, 1.165) is 11.1 Å².